The molecule has 172 valence electrons. The Morgan fingerprint density at radius 3 is 2.71 bits per heavy atom. The number of ether oxygens (including phenoxy) is 1. The van der Waals surface area contributed by atoms with Crippen molar-refractivity contribution < 1.29 is 9.13 Å². The van der Waals surface area contributed by atoms with Crippen LogP contribution in [-0.4, -0.2) is 50.7 Å². The minimum Gasteiger partial charge on any atom is -0.494 e. The van der Waals surface area contributed by atoms with Crippen molar-refractivity contribution in [1.29, 1.82) is 0 Å². The fourth-order valence-electron chi connectivity index (χ4n) is 3.81. The fourth-order valence-corrected chi connectivity index (χ4v) is 4.67. The number of benzene rings is 1. The van der Waals surface area contributed by atoms with Crippen LogP contribution in [0.15, 0.2) is 40.7 Å². The van der Waals surface area contributed by atoms with Gasteiger partial charge in [0.2, 0.25) is 0 Å². The molecule has 1 atom stereocenters. The summed E-state index contributed by atoms with van der Waals surface area (Å²) < 4.78 is 18.9. The number of nitrogens with zero attached hydrogens (tertiary/aromatic N) is 2. The van der Waals surface area contributed by atoms with Crippen LogP contribution in [0.1, 0.15) is 30.2 Å². The van der Waals surface area contributed by atoms with E-state index in [1.54, 1.807) is 12.1 Å². The summed E-state index contributed by atoms with van der Waals surface area (Å²) in [6.45, 7) is 5.90. The number of piperidine rings is 1. The number of hydrogen-bond donors (Lipinski definition) is 2. The maximum atomic E-state index is 13.9. The van der Waals surface area contributed by atoms with E-state index in [1.165, 1.54) is 12.0 Å². The van der Waals surface area contributed by atoms with Gasteiger partial charge in [-0.3, -0.25) is 9.89 Å². The molecule has 1 aliphatic heterocycles. The van der Waals surface area contributed by atoms with Crippen molar-refractivity contribution in [3.8, 4) is 5.75 Å². The summed E-state index contributed by atoms with van der Waals surface area (Å²) in [5.74, 6) is 1.43. The minimum absolute atomic E-state index is 0. The van der Waals surface area contributed by atoms with Gasteiger partial charge in [-0.2, -0.15) is 0 Å². The van der Waals surface area contributed by atoms with E-state index in [1.807, 2.05) is 24.5 Å². The highest BCUT2D eigenvalue weighted by Crippen LogP contribution is 2.20. The second-order valence-electron chi connectivity index (χ2n) is 8.01. The third-order valence-corrected chi connectivity index (χ3v) is 6.42. The highest BCUT2D eigenvalue weighted by Gasteiger charge is 2.20. The normalized spacial score (nSPS) is 16.5. The van der Waals surface area contributed by atoms with Gasteiger partial charge in [0, 0.05) is 44.1 Å². The van der Waals surface area contributed by atoms with Gasteiger partial charge >= 0.3 is 0 Å². The molecule has 2 N–H and O–H groups in total. The summed E-state index contributed by atoms with van der Waals surface area (Å²) in [5, 5.41) is 9.17. The lowest BCUT2D eigenvalue weighted by atomic mass is 10.0. The zero-order valence-corrected chi connectivity index (χ0v) is 21.7. The third-order valence-electron chi connectivity index (χ3n) is 5.52. The van der Waals surface area contributed by atoms with Crippen LogP contribution >= 0.6 is 35.3 Å². The average molecular weight is 561 g/mol. The Morgan fingerprint density at radius 1 is 1.32 bits per heavy atom. The van der Waals surface area contributed by atoms with Crippen LogP contribution in [-0.2, 0) is 13.0 Å². The van der Waals surface area contributed by atoms with Crippen molar-refractivity contribution in [3.05, 3.63) is 52.0 Å². The van der Waals surface area contributed by atoms with Gasteiger partial charge in [0.1, 0.15) is 0 Å². The second-order valence-corrected chi connectivity index (χ2v) is 9.04. The van der Waals surface area contributed by atoms with Gasteiger partial charge in [0.05, 0.1) is 7.11 Å². The van der Waals surface area contributed by atoms with Crippen molar-refractivity contribution in [2.24, 2.45) is 10.9 Å². The predicted molar refractivity (Wildman–Crippen MR) is 138 cm³/mol. The third kappa shape index (κ3) is 8.23. The minimum atomic E-state index is -0.297. The fraction of sp³-hybridized carbons (Fsp3) is 0.522. The molecule has 3 rings (SSSR count). The maximum Gasteiger partial charge on any atom is 0.191 e. The largest absolute Gasteiger partial charge is 0.494 e. The lowest BCUT2D eigenvalue weighted by Gasteiger charge is -2.33. The van der Waals surface area contributed by atoms with E-state index in [9.17, 15) is 4.39 Å². The first-order chi connectivity index (χ1) is 14.6. The van der Waals surface area contributed by atoms with Crippen LogP contribution in [0.4, 0.5) is 4.39 Å². The summed E-state index contributed by atoms with van der Waals surface area (Å²) in [6.07, 6.45) is 3.18. The van der Waals surface area contributed by atoms with E-state index in [2.05, 4.69) is 45.0 Å². The number of methoxy groups -OCH3 is 1. The van der Waals surface area contributed by atoms with Gasteiger partial charge in [-0.05, 0) is 54.3 Å². The quantitative estimate of drug-likeness (QED) is 0.283. The van der Waals surface area contributed by atoms with Gasteiger partial charge in [-0.1, -0.05) is 19.1 Å². The highest BCUT2D eigenvalue weighted by atomic mass is 127. The summed E-state index contributed by atoms with van der Waals surface area (Å²) in [4.78, 5) is 8.19. The molecule has 1 aliphatic rings. The van der Waals surface area contributed by atoms with Gasteiger partial charge < -0.3 is 15.4 Å². The van der Waals surface area contributed by atoms with Crippen molar-refractivity contribution >= 4 is 41.3 Å². The molecule has 0 aliphatic carbocycles. The van der Waals surface area contributed by atoms with E-state index in [0.717, 1.165) is 57.0 Å². The molecule has 31 heavy (non-hydrogen) atoms. The van der Waals surface area contributed by atoms with Crippen molar-refractivity contribution in [1.82, 2.24) is 15.5 Å². The smallest absolute Gasteiger partial charge is 0.191 e. The van der Waals surface area contributed by atoms with Crippen molar-refractivity contribution in [3.63, 3.8) is 0 Å². The van der Waals surface area contributed by atoms with E-state index in [0.29, 0.717) is 17.7 Å². The Bertz CT molecular complexity index is 810. The summed E-state index contributed by atoms with van der Waals surface area (Å²) in [5.41, 5.74) is 0.983. The van der Waals surface area contributed by atoms with Crippen molar-refractivity contribution in [2.45, 2.75) is 38.8 Å². The molecular formula is C23H34FIN4OS. The van der Waals surface area contributed by atoms with Crippen LogP contribution in [0, 0.1) is 11.7 Å². The number of guanidine groups is 1. The van der Waals surface area contributed by atoms with Crippen LogP contribution < -0.4 is 15.4 Å². The Hall–Kier alpha value is -1.39. The lowest BCUT2D eigenvalue weighted by Crippen LogP contribution is -2.49. The van der Waals surface area contributed by atoms with Crippen LogP contribution in [0.2, 0.25) is 0 Å². The molecule has 8 heteroatoms. The molecule has 0 radical (unpaired) electrons. The van der Waals surface area contributed by atoms with Gasteiger partial charge in [-0.15, -0.1) is 35.3 Å². The monoisotopic (exact) mass is 560 g/mol. The summed E-state index contributed by atoms with van der Waals surface area (Å²) >= 11 is 1.82. The number of nitrogens with one attached hydrogen (secondary N) is 2. The summed E-state index contributed by atoms with van der Waals surface area (Å²) in [7, 11) is 3.32. The van der Waals surface area contributed by atoms with E-state index in [-0.39, 0.29) is 29.8 Å². The van der Waals surface area contributed by atoms with Gasteiger partial charge in [-0.25, -0.2) is 4.39 Å². The molecule has 0 spiro atoms. The number of hydrogen-bond acceptors (Lipinski definition) is 4. The number of likely N-dealkylation sites (tertiary alicyclic amines) is 1. The molecule has 1 saturated heterocycles. The molecule has 1 fully saturated rings. The summed E-state index contributed by atoms with van der Waals surface area (Å²) in [6, 6.07) is 9.93. The number of halogens is 2. The number of rotatable bonds is 8. The second kappa shape index (κ2) is 13.2. The lowest BCUT2D eigenvalue weighted by molar-refractivity contribution is 0.198. The topological polar surface area (TPSA) is 48.9 Å². The molecule has 5 nitrogen and oxygen atoms in total. The average Bonchev–Trinajstić information content (AvgIpc) is 3.25. The van der Waals surface area contributed by atoms with Crippen LogP contribution in [0.5, 0.6) is 5.75 Å². The molecule has 0 saturated carbocycles. The first-order valence-electron chi connectivity index (χ1n) is 10.6. The number of aliphatic imine (C=N–C) groups is 1. The van der Waals surface area contributed by atoms with Crippen LogP contribution in [0.3, 0.4) is 0 Å². The van der Waals surface area contributed by atoms with E-state index in [4.69, 9.17) is 4.74 Å². The predicted octanol–water partition coefficient (Wildman–Crippen LogP) is 4.52. The first-order valence-corrected chi connectivity index (χ1v) is 11.5. The molecule has 1 aromatic carbocycles. The SMILES string of the molecule is CN=C(NCC(C)Cc1cccs1)NC1CCN(Cc2ccc(OC)c(F)c2)CC1.I. The van der Waals surface area contributed by atoms with E-state index >= 15 is 0 Å². The standard InChI is InChI=1S/C23H33FN4OS.HI/c1-17(13-20-5-4-12-30-20)15-26-23(25-2)27-19-8-10-28(11-9-19)16-18-6-7-22(29-3)21(24)14-18;/h4-7,12,14,17,19H,8-11,13,15-16H2,1-3H3,(H2,25,26,27);1H. The Kier molecular flexibility index (Phi) is 11.0. The molecule has 0 bridgehead atoms. The van der Waals surface area contributed by atoms with Crippen molar-refractivity contribution in [2.75, 3.05) is 33.8 Å². The molecule has 1 aromatic heterocycles. The molecule has 1 unspecified atom stereocenters. The zero-order chi connectivity index (χ0) is 21.3. The van der Waals surface area contributed by atoms with Gasteiger partial charge in [0.25, 0.3) is 0 Å². The van der Waals surface area contributed by atoms with E-state index < -0.39 is 0 Å². The molecule has 2 aromatic rings. The highest BCUT2D eigenvalue weighted by molar-refractivity contribution is 14.0. The molecule has 0 amide bonds. The van der Waals surface area contributed by atoms with Gasteiger partial charge in [0.15, 0.2) is 17.5 Å². The number of thiophene rings is 1. The zero-order valence-electron chi connectivity index (χ0n) is 18.6. The Balaban J connectivity index is 0.00000341. The molecular weight excluding hydrogens is 526 g/mol. The van der Waals surface area contributed by atoms with Crippen LogP contribution in [0.25, 0.3) is 0 Å². The Morgan fingerprint density at radius 2 is 2.10 bits per heavy atom. The first kappa shape index (κ1) is 25.9. The molecule has 2 heterocycles. The Labute approximate surface area is 206 Å². The maximum absolute atomic E-state index is 13.9.